The molecule has 7 heteroatoms. The molecule has 0 fully saturated rings. The predicted octanol–water partition coefficient (Wildman–Crippen LogP) is 1.95. The molecule has 0 radical (unpaired) electrons. The maximum absolute atomic E-state index is 12.3. The number of aromatic nitrogens is 1. The molecule has 0 spiro atoms. The molecule has 0 saturated heterocycles. The largest absolute Gasteiger partial charge is 0.393 e. The number of benzene rings is 2. The van der Waals surface area contributed by atoms with Crippen LogP contribution in [-0.4, -0.2) is 39.7 Å². The van der Waals surface area contributed by atoms with Gasteiger partial charge in [0, 0.05) is 45.2 Å². The minimum absolute atomic E-state index is 0.166. The molecule has 1 aromatic heterocycles. The lowest BCUT2D eigenvalue weighted by Crippen LogP contribution is -2.30. The average Bonchev–Trinajstić information content (AvgIpc) is 3.22. The third-order valence-electron chi connectivity index (χ3n) is 4.47. The second kappa shape index (κ2) is 6.71. The van der Waals surface area contributed by atoms with Gasteiger partial charge in [-0.1, -0.05) is 18.2 Å². The standard InChI is InChI=1S/C20H17N3O4/c24-10-18(25)20(27)22-12-5-6-16-14(8-12)11(9-21-16)7-15-13-3-1-2-4-17(13)23-19(15)26/h1-9,18,21,24-25H,10H2,(H,22,27)(H,23,26). The van der Waals surface area contributed by atoms with E-state index in [-0.39, 0.29) is 5.91 Å². The van der Waals surface area contributed by atoms with Crippen molar-refractivity contribution in [2.45, 2.75) is 6.10 Å². The number of H-pyrrole nitrogens is 1. The summed E-state index contributed by atoms with van der Waals surface area (Å²) in [5.74, 6) is -0.850. The first-order valence-corrected chi connectivity index (χ1v) is 8.40. The molecular weight excluding hydrogens is 346 g/mol. The van der Waals surface area contributed by atoms with Gasteiger partial charge >= 0.3 is 0 Å². The van der Waals surface area contributed by atoms with Crippen LogP contribution in [0, 0.1) is 0 Å². The van der Waals surface area contributed by atoms with Crippen molar-refractivity contribution in [3.63, 3.8) is 0 Å². The van der Waals surface area contributed by atoms with Crippen molar-refractivity contribution in [2.24, 2.45) is 0 Å². The third kappa shape index (κ3) is 3.10. The van der Waals surface area contributed by atoms with Gasteiger partial charge in [0.1, 0.15) is 0 Å². The highest BCUT2D eigenvalue weighted by Crippen LogP contribution is 2.34. The molecule has 0 aliphatic carbocycles. The maximum atomic E-state index is 12.3. The van der Waals surface area contributed by atoms with Gasteiger partial charge in [-0.05, 0) is 30.3 Å². The summed E-state index contributed by atoms with van der Waals surface area (Å²) in [6, 6.07) is 12.7. The molecule has 136 valence electrons. The molecule has 1 aliphatic rings. The molecule has 2 amide bonds. The average molecular weight is 363 g/mol. The highest BCUT2D eigenvalue weighted by molar-refractivity contribution is 6.35. The van der Waals surface area contributed by atoms with E-state index in [0.29, 0.717) is 11.3 Å². The molecule has 27 heavy (non-hydrogen) atoms. The Balaban J connectivity index is 1.72. The number of aliphatic hydroxyl groups excluding tert-OH is 2. The highest BCUT2D eigenvalue weighted by Gasteiger charge is 2.23. The number of rotatable bonds is 4. The van der Waals surface area contributed by atoms with Crippen LogP contribution in [0.4, 0.5) is 11.4 Å². The zero-order chi connectivity index (χ0) is 19.0. The summed E-state index contributed by atoms with van der Waals surface area (Å²) in [4.78, 5) is 27.2. The van der Waals surface area contributed by atoms with Gasteiger partial charge in [0.05, 0.1) is 6.61 Å². The number of para-hydroxylation sites is 1. The molecule has 4 rings (SSSR count). The van der Waals surface area contributed by atoms with Gasteiger partial charge in [-0.15, -0.1) is 0 Å². The van der Waals surface area contributed by atoms with Crippen LogP contribution >= 0.6 is 0 Å². The maximum Gasteiger partial charge on any atom is 0.256 e. The molecule has 2 aromatic carbocycles. The molecular formula is C20H17N3O4. The first kappa shape index (κ1) is 17.0. The number of amides is 2. The van der Waals surface area contributed by atoms with Crippen LogP contribution in [0.3, 0.4) is 0 Å². The summed E-state index contributed by atoms with van der Waals surface area (Å²) in [5.41, 5.74) is 4.30. The Hall–Kier alpha value is -3.42. The Bertz CT molecular complexity index is 1080. The normalized spacial score (nSPS) is 15.6. The third-order valence-corrected chi connectivity index (χ3v) is 4.47. The summed E-state index contributed by atoms with van der Waals surface area (Å²) in [6.45, 7) is -0.649. The Labute approximate surface area is 154 Å². The Morgan fingerprint density at radius 2 is 2.04 bits per heavy atom. The Kier molecular flexibility index (Phi) is 4.23. The van der Waals surface area contributed by atoms with E-state index in [1.54, 1.807) is 30.5 Å². The first-order valence-electron chi connectivity index (χ1n) is 8.40. The number of aromatic amines is 1. The molecule has 1 atom stereocenters. The van der Waals surface area contributed by atoms with Gasteiger partial charge in [0.15, 0.2) is 6.10 Å². The minimum atomic E-state index is -1.48. The number of anilines is 2. The topological polar surface area (TPSA) is 114 Å². The van der Waals surface area contributed by atoms with Gasteiger partial charge in [0.25, 0.3) is 11.8 Å². The number of aliphatic hydroxyl groups is 2. The van der Waals surface area contributed by atoms with E-state index in [1.807, 2.05) is 24.3 Å². The van der Waals surface area contributed by atoms with E-state index >= 15 is 0 Å². The first-order chi connectivity index (χ1) is 13.1. The van der Waals surface area contributed by atoms with Crippen molar-refractivity contribution in [1.29, 1.82) is 0 Å². The van der Waals surface area contributed by atoms with Crippen LogP contribution in [0.1, 0.15) is 11.1 Å². The second-order valence-electron chi connectivity index (χ2n) is 6.25. The summed E-state index contributed by atoms with van der Waals surface area (Å²) in [5, 5.41) is 24.5. The lowest BCUT2D eigenvalue weighted by Gasteiger charge is -2.09. The highest BCUT2D eigenvalue weighted by atomic mass is 16.3. The quantitative estimate of drug-likeness (QED) is 0.456. The molecule has 7 nitrogen and oxygen atoms in total. The van der Waals surface area contributed by atoms with Gasteiger partial charge < -0.3 is 25.8 Å². The molecule has 0 bridgehead atoms. The van der Waals surface area contributed by atoms with E-state index in [4.69, 9.17) is 5.11 Å². The number of carbonyl (C=O) groups excluding carboxylic acids is 2. The van der Waals surface area contributed by atoms with Gasteiger partial charge in [-0.3, -0.25) is 9.59 Å². The van der Waals surface area contributed by atoms with Gasteiger partial charge in [-0.2, -0.15) is 0 Å². The second-order valence-corrected chi connectivity index (χ2v) is 6.25. The lowest BCUT2D eigenvalue weighted by atomic mass is 10.0. The van der Waals surface area contributed by atoms with Gasteiger partial charge in [-0.25, -0.2) is 0 Å². The van der Waals surface area contributed by atoms with Crippen molar-refractivity contribution in [3.05, 3.63) is 59.8 Å². The molecule has 2 heterocycles. The number of hydrogen-bond donors (Lipinski definition) is 5. The van der Waals surface area contributed by atoms with E-state index in [2.05, 4.69) is 15.6 Å². The zero-order valence-electron chi connectivity index (χ0n) is 14.2. The predicted molar refractivity (Wildman–Crippen MR) is 103 cm³/mol. The van der Waals surface area contributed by atoms with Crippen molar-refractivity contribution >= 4 is 45.7 Å². The molecule has 0 saturated carbocycles. The molecule has 1 aliphatic heterocycles. The SMILES string of the molecule is O=C1Nc2ccccc2C1=Cc1c[nH]c2ccc(NC(=O)C(O)CO)cc12. The van der Waals surface area contributed by atoms with Crippen molar-refractivity contribution in [1.82, 2.24) is 4.98 Å². The number of nitrogens with one attached hydrogen (secondary N) is 3. The zero-order valence-corrected chi connectivity index (χ0v) is 14.2. The van der Waals surface area contributed by atoms with Crippen LogP contribution in [0.5, 0.6) is 0 Å². The summed E-state index contributed by atoms with van der Waals surface area (Å²) >= 11 is 0. The number of hydrogen-bond acceptors (Lipinski definition) is 4. The van der Waals surface area contributed by atoms with Crippen LogP contribution in [-0.2, 0) is 9.59 Å². The smallest absolute Gasteiger partial charge is 0.256 e. The van der Waals surface area contributed by atoms with Crippen LogP contribution < -0.4 is 10.6 Å². The van der Waals surface area contributed by atoms with Crippen molar-refractivity contribution in [3.8, 4) is 0 Å². The van der Waals surface area contributed by atoms with Crippen LogP contribution in [0.25, 0.3) is 22.6 Å². The summed E-state index contributed by atoms with van der Waals surface area (Å²) in [7, 11) is 0. The van der Waals surface area contributed by atoms with Crippen molar-refractivity contribution in [2.75, 3.05) is 17.2 Å². The number of fused-ring (bicyclic) bond motifs is 2. The fourth-order valence-corrected chi connectivity index (χ4v) is 3.09. The number of carbonyl (C=O) groups is 2. The summed E-state index contributed by atoms with van der Waals surface area (Å²) < 4.78 is 0. The fourth-order valence-electron chi connectivity index (χ4n) is 3.09. The fraction of sp³-hybridized carbons (Fsp3) is 0.100. The summed E-state index contributed by atoms with van der Waals surface area (Å²) in [6.07, 6.45) is 2.11. The van der Waals surface area contributed by atoms with Gasteiger partial charge in [0.2, 0.25) is 0 Å². The van der Waals surface area contributed by atoms with E-state index < -0.39 is 18.6 Å². The Morgan fingerprint density at radius 3 is 2.85 bits per heavy atom. The van der Waals surface area contributed by atoms with Crippen LogP contribution in [0.2, 0.25) is 0 Å². The van der Waals surface area contributed by atoms with Crippen LogP contribution in [0.15, 0.2) is 48.7 Å². The molecule has 3 aromatic rings. The van der Waals surface area contributed by atoms with E-state index in [1.165, 1.54) is 0 Å². The molecule has 5 N–H and O–H groups in total. The monoisotopic (exact) mass is 363 g/mol. The minimum Gasteiger partial charge on any atom is -0.393 e. The lowest BCUT2D eigenvalue weighted by molar-refractivity contribution is -0.125. The van der Waals surface area contributed by atoms with Crippen molar-refractivity contribution < 1.29 is 19.8 Å². The molecule has 1 unspecified atom stereocenters. The van der Waals surface area contributed by atoms with E-state index in [9.17, 15) is 14.7 Å². The van der Waals surface area contributed by atoms with E-state index in [0.717, 1.165) is 27.7 Å². The Morgan fingerprint density at radius 1 is 1.22 bits per heavy atom.